The molecule has 0 saturated carbocycles. The Bertz CT molecular complexity index is 441. The van der Waals surface area contributed by atoms with Crippen LogP contribution in [0.1, 0.15) is 24.0 Å². The second-order valence-electron chi connectivity index (χ2n) is 3.59. The fourth-order valence-electron chi connectivity index (χ4n) is 1.37. The number of carboxylic acid groups (broad SMARTS) is 1. The van der Waals surface area contributed by atoms with E-state index in [2.05, 4.69) is 5.32 Å². The largest absolute Gasteiger partial charge is 0.481 e. The number of nitrogens with one attached hydrogen (secondary N) is 1. The molecule has 90 valence electrons. The minimum atomic E-state index is -0.843. The van der Waals surface area contributed by atoms with E-state index in [4.69, 9.17) is 10.4 Å². The van der Waals surface area contributed by atoms with Crippen LogP contribution in [-0.4, -0.2) is 17.6 Å². The summed E-state index contributed by atoms with van der Waals surface area (Å²) < 4.78 is 13.3. The van der Waals surface area contributed by atoms with Gasteiger partial charge in [0.05, 0.1) is 11.6 Å². The number of carbonyl (C=O) groups is 1. The molecule has 0 aliphatic carbocycles. The number of hydrogen-bond acceptors (Lipinski definition) is 3. The highest BCUT2D eigenvalue weighted by Crippen LogP contribution is 2.09. The van der Waals surface area contributed by atoms with Crippen molar-refractivity contribution in [1.29, 1.82) is 5.26 Å². The maximum atomic E-state index is 13.3. The van der Waals surface area contributed by atoms with Gasteiger partial charge in [-0.15, -0.1) is 0 Å². The lowest BCUT2D eigenvalue weighted by atomic mass is 10.1. The summed E-state index contributed by atoms with van der Waals surface area (Å²) in [4.78, 5) is 10.2. The first-order chi connectivity index (χ1) is 8.13. The molecular weight excluding hydrogens is 223 g/mol. The molecule has 0 aliphatic rings. The van der Waals surface area contributed by atoms with Crippen molar-refractivity contribution in [3.05, 3.63) is 35.1 Å². The molecule has 1 aromatic rings. The van der Waals surface area contributed by atoms with Crippen LogP contribution in [-0.2, 0) is 11.3 Å². The highest BCUT2D eigenvalue weighted by molar-refractivity contribution is 5.66. The monoisotopic (exact) mass is 236 g/mol. The summed E-state index contributed by atoms with van der Waals surface area (Å²) in [5.41, 5.74) is 0.827. The van der Waals surface area contributed by atoms with E-state index in [1.54, 1.807) is 0 Å². The Balaban J connectivity index is 2.41. The summed E-state index contributed by atoms with van der Waals surface area (Å²) in [7, 11) is 0. The number of halogens is 1. The molecule has 1 aromatic carbocycles. The van der Waals surface area contributed by atoms with E-state index in [9.17, 15) is 9.18 Å². The minimum absolute atomic E-state index is 0.0910. The molecule has 5 heteroatoms. The SMILES string of the molecule is N#Cc1ccc(F)c(CNCCCC(=O)O)c1. The first-order valence-electron chi connectivity index (χ1n) is 5.24. The predicted molar refractivity (Wildman–Crippen MR) is 59.7 cm³/mol. The second kappa shape index (κ2) is 6.61. The first kappa shape index (κ1) is 13.1. The Labute approximate surface area is 98.7 Å². The van der Waals surface area contributed by atoms with Gasteiger partial charge in [0.25, 0.3) is 0 Å². The standard InChI is InChI=1S/C12H13FN2O2/c13-11-4-3-9(7-14)6-10(11)8-15-5-1-2-12(16)17/h3-4,6,15H,1-2,5,8H2,(H,16,17). The van der Waals surface area contributed by atoms with Crippen molar-refractivity contribution in [2.75, 3.05) is 6.54 Å². The van der Waals surface area contributed by atoms with Gasteiger partial charge in [0.1, 0.15) is 5.82 Å². The normalized spacial score (nSPS) is 9.88. The van der Waals surface area contributed by atoms with Gasteiger partial charge in [0, 0.05) is 18.5 Å². The Hall–Kier alpha value is -1.93. The zero-order chi connectivity index (χ0) is 12.7. The van der Waals surface area contributed by atoms with Gasteiger partial charge < -0.3 is 10.4 Å². The third-order valence-corrected chi connectivity index (χ3v) is 2.23. The van der Waals surface area contributed by atoms with Crippen LogP contribution in [0.25, 0.3) is 0 Å². The molecular formula is C12H13FN2O2. The molecule has 0 unspecified atom stereocenters. The van der Waals surface area contributed by atoms with Crippen molar-refractivity contribution in [2.45, 2.75) is 19.4 Å². The maximum absolute atomic E-state index is 13.3. The van der Waals surface area contributed by atoms with Crippen LogP contribution >= 0.6 is 0 Å². The van der Waals surface area contributed by atoms with E-state index in [1.165, 1.54) is 18.2 Å². The molecule has 0 saturated heterocycles. The Kier molecular flexibility index (Phi) is 5.11. The number of nitriles is 1. The fraction of sp³-hybridized carbons (Fsp3) is 0.333. The van der Waals surface area contributed by atoms with Crippen LogP contribution in [0.4, 0.5) is 4.39 Å². The van der Waals surface area contributed by atoms with Gasteiger partial charge >= 0.3 is 5.97 Å². The van der Waals surface area contributed by atoms with Gasteiger partial charge in [-0.2, -0.15) is 5.26 Å². The summed E-state index contributed by atoms with van der Waals surface area (Å²) in [6, 6.07) is 6.10. The van der Waals surface area contributed by atoms with E-state index >= 15 is 0 Å². The molecule has 0 bridgehead atoms. The van der Waals surface area contributed by atoms with E-state index in [0.717, 1.165) is 0 Å². The van der Waals surface area contributed by atoms with Crippen molar-refractivity contribution in [3.63, 3.8) is 0 Å². The van der Waals surface area contributed by atoms with Crippen molar-refractivity contribution < 1.29 is 14.3 Å². The molecule has 0 amide bonds. The number of rotatable bonds is 6. The molecule has 1 rings (SSSR count). The lowest BCUT2D eigenvalue weighted by Gasteiger charge is -2.05. The minimum Gasteiger partial charge on any atom is -0.481 e. The van der Waals surface area contributed by atoms with Crippen LogP contribution < -0.4 is 5.32 Å². The number of benzene rings is 1. The number of nitrogens with zero attached hydrogens (tertiary/aromatic N) is 1. The molecule has 0 aliphatic heterocycles. The molecule has 0 fully saturated rings. The zero-order valence-corrected chi connectivity index (χ0v) is 9.24. The molecule has 4 nitrogen and oxygen atoms in total. The third kappa shape index (κ3) is 4.62. The highest BCUT2D eigenvalue weighted by Gasteiger charge is 2.03. The van der Waals surface area contributed by atoms with Crippen molar-refractivity contribution in [1.82, 2.24) is 5.32 Å². The quantitative estimate of drug-likeness (QED) is 0.736. The molecule has 0 radical (unpaired) electrons. The average molecular weight is 236 g/mol. The van der Waals surface area contributed by atoms with Crippen molar-refractivity contribution in [2.24, 2.45) is 0 Å². The van der Waals surface area contributed by atoms with Gasteiger partial charge in [0.2, 0.25) is 0 Å². The van der Waals surface area contributed by atoms with Crippen molar-refractivity contribution >= 4 is 5.97 Å². The molecule has 0 spiro atoms. The van der Waals surface area contributed by atoms with Crippen LogP contribution in [0.15, 0.2) is 18.2 Å². The topological polar surface area (TPSA) is 73.1 Å². The number of aliphatic carboxylic acids is 1. The molecule has 0 heterocycles. The van der Waals surface area contributed by atoms with Gasteiger partial charge in [0.15, 0.2) is 0 Å². The van der Waals surface area contributed by atoms with Gasteiger partial charge in [-0.25, -0.2) is 4.39 Å². The summed E-state index contributed by atoms with van der Waals surface area (Å²) >= 11 is 0. The summed E-state index contributed by atoms with van der Waals surface area (Å²) in [5, 5.41) is 20.0. The summed E-state index contributed by atoms with van der Waals surface area (Å²) in [6.45, 7) is 0.795. The molecule has 17 heavy (non-hydrogen) atoms. The third-order valence-electron chi connectivity index (χ3n) is 2.23. The summed E-state index contributed by atoms with van der Waals surface area (Å²) in [6.07, 6.45) is 0.586. The first-order valence-corrected chi connectivity index (χ1v) is 5.24. The van der Waals surface area contributed by atoms with Crippen LogP contribution in [0.5, 0.6) is 0 Å². The van der Waals surface area contributed by atoms with E-state index in [0.29, 0.717) is 30.6 Å². The molecule has 0 atom stereocenters. The fourth-order valence-corrected chi connectivity index (χ4v) is 1.37. The Morgan fingerprint density at radius 2 is 2.29 bits per heavy atom. The average Bonchev–Trinajstić information content (AvgIpc) is 2.30. The Morgan fingerprint density at radius 1 is 1.53 bits per heavy atom. The zero-order valence-electron chi connectivity index (χ0n) is 9.24. The van der Waals surface area contributed by atoms with E-state index < -0.39 is 5.97 Å². The Morgan fingerprint density at radius 3 is 2.94 bits per heavy atom. The van der Waals surface area contributed by atoms with Crippen LogP contribution in [0.2, 0.25) is 0 Å². The van der Waals surface area contributed by atoms with E-state index in [1.807, 2.05) is 6.07 Å². The highest BCUT2D eigenvalue weighted by atomic mass is 19.1. The predicted octanol–water partition coefficient (Wildman–Crippen LogP) is 1.65. The lowest BCUT2D eigenvalue weighted by molar-refractivity contribution is -0.137. The smallest absolute Gasteiger partial charge is 0.303 e. The van der Waals surface area contributed by atoms with Crippen molar-refractivity contribution in [3.8, 4) is 6.07 Å². The maximum Gasteiger partial charge on any atom is 0.303 e. The number of hydrogen-bond donors (Lipinski definition) is 2. The second-order valence-corrected chi connectivity index (χ2v) is 3.59. The van der Waals surface area contributed by atoms with Gasteiger partial charge in [-0.05, 0) is 31.2 Å². The molecule has 0 aromatic heterocycles. The summed E-state index contributed by atoms with van der Waals surface area (Å²) in [5.74, 6) is -1.21. The van der Waals surface area contributed by atoms with E-state index in [-0.39, 0.29) is 12.2 Å². The van der Waals surface area contributed by atoms with Crippen LogP contribution in [0.3, 0.4) is 0 Å². The van der Waals surface area contributed by atoms with Gasteiger partial charge in [-0.1, -0.05) is 0 Å². The molecule has 2 N–H and O–H groups in total. The van der Waals surface area contributed by atoms with Crippen LogP contribution in [0, 0.1) is 17.1 Å². The van der Waals surface area contributed by atoms with Gasteiger partial charge in [-0.3, -0.25) is 4.79 Å². The lowest BCUT2D eigenvalue weighted by Crippen LogP contribution is -2.16. The number of carboxylic acids is 1.